The van der Waals surface area contributed by atoms with Gasteiger partial charge in [-0.15, -0.1) is 11.3 Å². The van der Waals surface area contributed by atoms with Crippen LogP contribution in [0, 0.1) is 5.82 Å². The van der Waals surface area contributed by atoms with Gasteiger partial charge in [0.2, 0.25) is 0 Å². The van der Waals surface area contributed by atoms with E-state index in [-0.39, 0.29) is 11.2 Å². The molecule has 1 N–H and O–H groups in total. The van der Waals surface area contributed by atoms with Crippen molar-refractivity contribution in [1.82, 2.24) is 10.3 Å². The van der Waals surface area contributed by atoms with Crippen molar-refractivity contribution in [3.05, 3.63) is 58.5 Å². The van der Waals surface area contributed by atoms with Crippen LogP contribution >= 0.6 is 11.3 Å². The van der Waals surface area contributed by atoms with E-state index in [4.69, 9.17) is 4.98 Å². The molecule has 0 amide bonds. The Hall–Kier alpha value is -2.57. The number of pyridine rings is 1. The first-order valence-electron chi connectivity index (χ1n) is 8.63. The minimum atomic E-state index is -0.387. The summed E-state index contributed by atoms with van der Waals surface area (Å²) in [6.07, 6.45) is 0. The Kier molecular flexibility index (Phi) is 3.62. The van der Waals surface area contributed by atoms with Gasteiger partial charge in [0, 0.05) is 41.7 Å². The maximum Gasteiger partial charge on any atom is 0.196 e. The van der Waals surface area contributed by atoms with Gasteiger partial charge in [-0.1, -0.05) is 18.2 Å². The molecule has 26 heavy (non-hydrogen) atoms. The molecule has 2 aromatic carbocycles. The molecule has 0 atom stereocenters. The molecule has 0 unspecified atom stereocenters. The number of nitrogens with zero attached hydrogens (tertiary/aromatic N) is 2. The summed E-state index contributed by atoms with van der Waals surface area (Å²) < 4.78 is 15.4. The molecule has 6 heteroatoms. The van der Waals surface area contributed by atoms with Crippen LogP contribution in [0.2, 0.25) is 0 Å². The SMILES string of the molecule is O=c1c2cc(F)ccc2sc2c(N3CCNCC3)nc3ccccc3c12. The Morgan fingerprint density at radius 1 is 1.08 bits per heavy atom. The molecule has 2 aromatic heterocycles. The highest BCUT2D eigenvalue weighted by molar-refractivity contribution is 7.25. The lowest BCUT2D eigenvalue weighted by Crippen LogP contribution is -2.44. The lowest BCUT2D eigenvalue weighted by molar-refractivity contribution is 0.587. The van der Waals surface area contributed by atoms with Gasteiger partial charge in [0.1, 0.15) is 11.6 Å². The second-order valence-corrected chi connectivity index (χ2v) is 7.52. The van der Waals surface area contributed by atoms with Gasteiger partial charge in [0.05, 0.1) is 15.6 Å². The summed E-state index contributed by atoms with van der Waals surface area (Å²) in [6, 6.07) is 12.1. The topological polar surface area (TPSA) is 45.2 Å². The highest BCUT2D eigenvalue weighted by Crippen LogP contribution is 2.35. The first kappa shape index (κ1) is 15.7. The van der Waals surface area contributed by atoms with E-state index in [0.717, 1.165) is 52.3 Å². The molecule has 4 nitrogen and oxygen atoms in total. The Morgan fingerprint density at radius 2 is 1.88 bits per heavy atom. The molecule has 1 fully saturated rings. The Bertz CT molecular complexity index is 1210. The van der Waals surface area contributed by atoms with E-state index in [2.05, 4.69) is 10.2 Å². The van der Waals surface area contributed by atoms with E-state index in [1.165, 1.54) is 23.5 Å². The first-order valence-corrected chi connectivity index (χ1v) is 9.44. The van der Waals surface area contributed by atoms with Gasteiger partial charge < -0.3 is 10.2 Å². The van der Waals surface area contributed by atoms with E-state index < -0.39 is 0 Å². The zero-order valence-corrected chi connectivity index (χ0v) is 14.8. The average molecular weight is 365 g/mol. The van der Waals surface area contributed by atoms with E-state index in [1.54, 1.807) is 6.07 Å². The van der Waals surface area contributed by atoms with Gasteiger partial charge in [0.25, 0.3) is 0 Å². The summed E-state index contributed by atoms with van der Waals surface area (Å²) in [5.41, 5.74) is 0.678. The summed E-state index contributed by atoms with van der Waals surface area (Å²) in [6.45, 7) is 3.49. The second kappa shape index (κ2) is 6.00. The Balaban J connectivity index is 1.96. The summed E-state index contributed by atoms with van der Waals surface area (Å²) in [7, 11) is 0. The van der Waals surface area contributed by atoms with Crippen molar-refractivity contribution in [2.24, 2.45) is 0 Å². The Labute approximate surface area is 152 Å². The van der Waals surface area contributed by atoms with E-state index in [1.807, 2.05) is 24.3 Å². The molecule has 5 rings (SSSR count). The molecular formula is C20H16FN3OS. The lowest BCUT2D eigenvalue weighted by atomic mass is 10.1. The van der Waals surface area contributed by atoms with Crippen molar-refractivity contribution in [3.63, 3.8) is 0 Å². The maximum absolute atomic E-state index is 13.7. The van der Waals surface area contributed by atoms with Gasteiger partial charge in [-0.25, -0.2) is 9.37 Å². The third kappa shape index (κ3) is 2.37. The van der Waals surface area contributed by atoms with E-state index in [9.17, 15) is 9.18 Å². The van der Waals surface area contributed by atoms with Crippen molar-refractivity contribution in [2.45, 2.75) is 0 Å². The highest BCUT2D eigenvalue weighted by Gasteiger charge is 2.20. The van der Waals surface area contributed by atoms with Gasteiger partial charge in [0.15, 0.2) is 5.43 Å². The Morgan fingerprint density at radius 3 is 2.73 bits per heavy atom. The monoisotopic (exact) mass is 365 g/mol. The number of hydrogen-bond donors (Lipinski definition) is 1. The van der Waals surface area contributed by atoms with E-state index >= 15 is 0 Å². The molecule has 0 aliphatic carbocycles. The summed E-state index contributed by atoms with van der Waals surface area (Å²) in [5, 5.41) is 5.26. The molecule has 130 valence electrons. The number of anilines is 1. The van der Waals surface area contributed by atoms with Crippen LogP contribution in [0.15, 0.2) is 47.3 Å². The predicted octanol–water partition coefficient (Wildman–Crippen LogP) is 3.51. The lowest BCUT2D eigenvalue weighted by Gasteiger charge is -2.29. The fourth-order valence-corrected chi connectivity index (χ4v) is 4.80. The predicted molar refractivity (Wildman–Crippen MR) is 106 cm³/mol. The molecule has 1 aliphatic heterocycles. The summed E-state index contributed by atoms with van der Waals surface area (Å²) in [4.78, 5) is 20.4. The smallest absolute Gasteiger partial charge is 0.196 e. The van der Waals surface area contributed by atoms with Crippen LogP contribution in [-0.4, -0.2) is 31.2 Å². The normalized spacial score (nSPS) is 15.2. The fraction of sp³-hybridized carbons (Fsp3) is 0.200. The van der Waals surface area contributed by atoms with Crippen molar-refractivity contribution < 1.29 is 4.39 Å². The van der Waals surface area contributed by atoms with Crippen molar-refractivity contribution in [2.75, 3.05) is 31.1 Å². The first-order chi connectivity index (χ1) is 12.7. The molecule has 0 spiro atoms. The van der Waals surface area contributed by atoms with Crippen LogP contribution in [0.5, 0.6) is 0 Å². The number of hydrogen-bond acceptors (Lipinski definition) is 5. The number of halogens is 1. The zero-order valence-electron chi connectivity index (χ0n) is 14.0. The third-order valence-corrected chi connectivity index (χ3v) is 6.04. The minimum absolute atomic E-state index is 0.122. The van der Waals surface area contributed by atoms with Crippen LogP contribution in [-0.2, 0) is 0 Å². The van der Waals surface area contributed by atoms with Crippen LogP contribution in [0.4, 0.5) is 10.2 Å². The number of para-hydroxylation sites is 1. The van der Waals surface area contributed by atoms with Gasteiger partial charge in [-0.05, 0) is 24.3 Å². The van der Waals surface area contributed by atoms with Crippen LogP contribution in [0.25, 0.3) is 31.1 Å². The van der Waals surface area contributed by atoms with Crippen LogP contribution < -0.4 is 15.6 Å². The van der Waals surface area contributed by atoms with E-state index in [0.29, 0.717) is 10.8 Å². The van der Waals surface area contributed by atoms with Gasteiger partial charge in [-0.3, -0.25) is 4.79 Å². The largest absolute Gasteiger partial charge is 0.353 e. The number of benzene rings is 2. The average Bonchev–Trinajstić information content (AvgIpc) is 2.68. The molecular weight excluding hydrogens is 349 g/mol. The van der Waals surface area contributed by atoms with Crippen LogP contribution in [0.1, 0.15) is 0 Å². The number of fused-ring (bicyclic) bond motifs is 4. The second-order valence-electron chi connectivity index (χ2n) is 6.47. The van der Waals surface area contributed by atoms with Crippen LogP contribution in [0.3, 0.4) is 0 Å². The molecule has 4 aromatic rings. The third-order valence-electron chi connectivity index (χ3n) is 4.87. The van der Waals surface area contributed by atoms with Crippen molar-refractivity contribution >= 4 is 48.2 Å². The van der Waals surface area contributed by atoms with Gasteiger partial charge in [-0.2, -0.15) is 0 Å². The number of nitrogens with one attached hydrogen (secondary N) is 1. The molecule has 0 saturated carbocycles. The molecule has 1 saturated heterocycles. The van der Waals surface area contributed by atoms with Crippen molar-refractivity contribution in [3.8, 4) is 0 Å². The number of piperazine rings is 1. The zero-order chi connectivity index (χ0) is 17.7. The summed E-state index contributed by atoms with van der Waals surface area (Å²) in [5.74, 6) is 0.468. The number of aromatic nitrogens is 1. The van der Waals surface area contributed by atoms with Crippen molar-refractivity contribution in [1.29, 1.82) is 0 Å². The summed E-state index contributed by atoms with van der Waals surface area (Å²) >= 11 is 1.52. The maximum atomic E-state index is 13.7. The molecule has 3 heterocycles. The molecule has 0 bridgehead atoms. The standard InChI is InChI=1S/C20H16FN3OS/c21-12-5-6-16-14(11-12)18(25)17-13-3-1-2-4-15(13)23-20(19(17)26-16)24-9-7-22-8-10-24/h1-6,11,22H,7-10H2. The molecule has 1 aliphatic rings. The fourth-order valence-electron chi connectivity index (χ4n) is 3.61. The highest BCUT2D eigenvalue weighted by atomic mass is 32.1. The minimum Gasteiger partial charge on any atom is -0.353 e. The molecule has 0 radical (unpaired) electrons. The quantitative estimate of drug-likeness (QED) is 0.414. The number of rotatable bonds is 1. The van der Waals surface area contributed by atoms with Gasteiger partial charge >= 0.3 is 0 Å².